The third-order valence-corrected chi connectivity index (χ3v) is 3.88. The first-order chi connectivity index (χ1) is 7.63. The van der Waals surface area contributed by atoms with Crippen LogP contribution in [0.1, 0.15) is 22.3 Å². The summed E-state index contributed by atoms with van der Waals surface area (Å²) < 4.78 is 5.88. The fourth-order valence-corrected chi connectivity index (χ4v) is 2.93. The van der Waals surface area contributed by atoms with Gasteiger partial charge in [-0.2, -0.15) is 0 Å². The Morgan fingerprint density at radius 2 is 2.12 bits per heavy atom. The van der Waals surface area contributed by atoms with E-state index in [1.807, 2.05) is 12.1 Å². The Kier molecular flexibility index (Phi) is 1.98. The highest BCUT2D eigenvalue weighted by Crippen LogP contribution is 2.44. The molecule has 4 heteroatoms. The Labute approximate surface area is 101 Å². The van der Waals surface area contributed by atoms with Gasteiger partial charge in [0.2, 0.25) is 0 Å². The number of Topliss-reactive ketones (excluding diaryl/α,β-unsaturated/α-hetero) is 1. The molecule has 1 atom stereocenters. The summed E-state index contributed by atoms with van der Waals surface area (Å²) in [6.45, 7) is 0.361. The first-order valence-corrected chi connectivity index (χ1v) is 5.93. The number of hydrogen-bond acceptors (Lipinski definition) is 3. The summed E-state index contributed by atoms with van der Waals surface area (Å²) >= 11 is 3.37. The monoisotopic (exact) mass is 280 g/mol. The first kappa shape index (κ1) is 10.0. The molecule has 3 rings (SSSR count). The minimum absolute atomic E-state index is 0.0718. The van der Waals surface area contributed by atoms with Crippen molar-refractivity contribution in [1.29, 1.82) is 0 Å². The lowest BCUT2D eigenvalue weighted by Crippen LogP contribution is -2.32. The van der Waals surface area contributed by atoms with Crippen molar-refractivity contribution < 1.29 is 14.3 Å². The van der Waals surface area contributed by atoms with Gasteiger partial charge in [-0.05, 0) is 30.2 Å². The molecule has 82 valence electrons. The van der Waals surface area contributed by atoms with Crippen molar-refractivity contribution >= 4 is 27.7 Å². The summed E-state index contributed by atoms with van der Waals surface area (Å²) in [6.07, 6.45) is 0.996. The number of cyclic esters (lactones) is 1. The summed E-state index contributed by atoms with van der Waals surface area (Å²) in [5.74, 6) is -0.428. The molecule has 1 heterocycles. The predicted octanol–water partition coefficient (Wildman–Crippen LogP) is 2.12. The third-order valence-electron chi connectivity index (χ3n) is 3.39. The highest BCUT2D eigenvalue weighted by molar-refractivity contribution is 9.10. The summed E-state index contributed by atoms with van der Waals surface area (Å²) in [7, 11) is 0. The van der Waals surface area contributed by atoms with Crippen molar-refractivity contribution in [3.8, 4) is 0 Å². The van der Waals surface area contributed by atoms with Crippen molar-refractivity contribution in [3.63, 3.8) is 0 Å². The lowest BCUT2D eigenvalue weighted by atomic mass is 9.82. The van der Waals surface area contributed by atoms with Crippen LogP contribution < -0.4 is 0 Å². The van der Waals surface area contributed by atoms with E-state index in [1.165, 1.54) is 0 Å². The number of hydrogen-bond donors (Lipinski definition) is 0. The van der Waals surface area contributed by atoms with Gasteiger partial charge in [-0.3, -0.25) is 9.59 Å². The van der Waals surface area contributed by atoms with E-state index in [9.17, 15) is 9.59 Å². The normalized spacial score (nSPS) is 27.3. The number of carbonyl (C=O) groups is 2. The molecule has 3 nitrogen and oxygen atoms in total. The van der Waals surface area contributed by atoms with Crippen LogP contribution >= 0.6 is 15.9 Å². The lowest BCUT2D eigenvalue weighted by molar-refractivity contribution is -0.143. The van der Waals surface area contributed by atoms with Crippen LogP contribution in [0.5, 0.6) is 0 Å². The van der Waals surface area contributed by atoms with Crippen molar-refractivity contribution in [2.75, 3.05) is 6.61 Å². The molecule has 1 aromatic rings. The van der Waals surface area contributed by atoms with Gasteiger partial charge in [0, 0.05) is 16.5 Å². The number of fused-ring (bicyclic) bond motifs is 1. The Morgan fingerprint density at radius 3 is 2.81 bits per heavy atom. The van der Waals surface area contributed by atoms with Gasteiger partial charge in [0.05, 0.1) is 6.61 Å². The summed E-state index contributed by atoms with van der Waals surface area (Å²) in [6, 6.07) is 5.52. The van der Waals surface area contributed by atoms with E-state index < -0.39 is 5.41 Å². The van der Waals surface area contributed by atoms with Gasteiger partial charge < -0.3 is 4.74 Å². The second kappa shape index (κ2) is 3.17. The van der Waals surface area contributed by atoms with Gasteiger partial charge in [-0.25, -0.2) is 0 Å². The standard InChI is InChI=1S/C12H9BrO3/c13-8-1-2-9-7(5-8)6-12(10(9)14)3-4-16-11(12)15/h1-2,5H,3-4,6H2/t12-/m1/s1. The van der Waals surface area contributed by atoms with Crippen molar-refractivity contribution in [2.45, 2.75) is 12.8 Å². The van der Waals surface area contributed by atoms with E-state index in [2.05, 4.69) is 15.9 Å². The lowest BCUT2D eigenvalue weighted by Gasteiger charge is -2.14. The maximum atomic E-state index is 12.2. The van der Waals surface area contributed by atoms with Crippen LogP contribution in [0.25, 0.3) is 0 Å². The molecule has 0 saturated carbocycles. The second-order valence-corrected chi connectivity index (χ2v) is 5.19. The predicted molar refractivity (Wildman–Crippen MR) is 60.2 cm³/mol. The largest absolute Gasteiger partial charge is 0.465 e. The molecule has 0 radical (unpaired) electrons. The smallest absolute Gasteiger partial charge is 0.320 e. The van der Waals surface area contributed by atoms with Gasteiger partial charge in [-0.1, -0.05) is 15.9 Å². The maximum Gasteiger partial charge on any atom is 0.320 e. The zero-order valence-corrected chi connectivity index (χ0v) is 10.0. The van der Waals surface area contributed by atoms with Crippen LogP contribution in [0.4, 0.5) is 0 Å². The molecule has 1 spiro atoms. The Hall–Kier alpha value is -1.16. The highest BCUT2D eigenvalue weighted by atomic mass is 79.9. The quantitative estimate of drug-likeness (QED) is 0.540. The van der Waals surface area contributed by atoms with Crippen LogP contribution in [-0.4, -0.2) is 18.4 Å². The molecule has 1 fully saturated rings. The summed E-state index contributed by atoms with van der Waals surface area (Å²) in [4.78, 5) is 23.9. The van der Waals surface area contributed by atoms with Crippen molar-refractivity contribution in [1.82, 2.24) is 0 Å². The van der Waals surface area contributed by atoms with Crippen molar-refractivity contribution in [2.24, 2.45) is 5.41 Å². The SMILES string of the molecule is O=C1OCC[C@]12Cc1cc(Br)ccc1C2=O. The molecule has 0 aromatic heterocycles. The van der Waals surface area contributed by atoms with Crippen LogP contribution in [0, 0.1) is 5.41 Å². The van der Waals surface area contributed by atoms with E-state index in [-0.39, 0.29) is 11.8 Å². The topological polar surface area (TPSA) is 43.4 Å². The molecular weight excluding hydrogens is 272 g/mol. The Morgan fingerprint density at radius 1 is 1.31 bits per heavy atom. The highest BCUT2D eigenvalue weighted by Gasteiger charge is 2.55. The fraction of sp³-hybridized carbons (Fsp3) is 0.333. The molecule has 1 aliphatic heterocycles. The summed E-state index contributed by atoms with van der Waals surface area (Å²) in [5, 5.41) is 0. The zero-order valence-electron chi connectivity index (χ0n) is 8.46. The van der Waals surface area contributed by atoms with E-state index in [0.717, 1.165) is 10.0 Å². The van der Waals surface area contributed by atoms with Crippen LogP contribution in [0.15, 0.2) is 22.7 Å². The zero-order chi connectivity index (χ0) is 11.3. The molecule has 16 heavy (non-hydrogen) atoms. The second-order valence-electron chi connectivity index (χ2n) is 4.28. The molecular formula is C12H9BrO3. The molecule has 2 aliphatic rings. The molecule has 1 saturated heterocycles. The minimum Gasteiger partial charge on any atom is -0.465 e. The van der Waals surface area contributed by atoms with E-state index in [1.54, 1.807) is 6.07 Å². The number of ketones is 1. The Bertz CT molecular complexity index is 509. The van der Waals surface area contributed by atoms with Crippen LogP contribution in [-0.2, 0) is 16.0 Å². The molecule has 0 unspecified atom stereocenters. The van der Waals surface area contributed by atoms with Gasteiger partial charge >= 0.3 is 5.97 Å². The molecule has 0 amide bonds. The van der Waals surface area contributed by atoms with Gasteiger partial charge in [0.25, 0.3) is 0 Å². The average molecular weight is 281 g/mol. The third kappa shape index (κ3) is 1.13. The number of rotatable bonds is 0. The minimum atomic E-state index is -0.914. The maximum absolute atomic E-state index is 12.2. The number of benzene rings is 1. The Balaban J connectivity index is 2.13. The number of esters is 1. The summed E-state index contributed by atoms with van der Waals surface area (Å²) in [5.41, 5.74) is 0.698. The number of carbonyl (C=O) groups excluding carboxylic acids is 2. The first-order valence-electron chi connectivity index (χ1n) is 5.14. The van der Waals surface area contributed by atoms with Gasteiger partial charge in [-0.15, -0.1) is 0 Å². The van der Waals surface area contributed by atoms with Crippen molar-refractivity contribution in [3.05, 3.63) is 33.8 Å². The molecule has 1 aromatic carbocycles. The van der Waals surface area contributed by atoms with Gasteiger partial charge in [0.15, 0.2) is 5.78 Å². The van der Waals surface area contributed by atoms with E-state index in [4.69, 9.17) is 4.74 Å². The van der Waals surface area contributed by atoms with Crippen LogP contribution in [0.3, 0.4) is 0 Å². The number of halogens is 1. The van der Waals surface area contributed by atoms with Crippen LogP contribution in [0.2, 0.25) is 0 Å². The average Bonchev–Trinajstić information content (AvgIpc) is 2.72. The van der Waals surface area contributed by atoms with E-state index >= 15 is 0 Å². The molecule has 0 bridgehead atoms. The fourth-order valence-electron chi connectivity index (χ4n) is 2.52. The van der Waals surface area contributed by atoms with E-state index in [0.29, 0.717) is 25.0 Å². The number of ether oxygens (including phenoxy) is 1. The van der Waals surface area contributed by atoms with Gasteiger partial charge in [0.1, 0.15) is 5.41 Å². The molecule has 0 N–H and O–H groups in total. The molecule has 1 aliphatic carbocycles.